The number of rotatable bonds is 0. The van der Waals surface area contributed by atoms with E-state index in [1.807, 2.05) is 0 Å². The molecular weight excluding hydrogens is 230 g/mol. The number of aryl methyl sites for hydroxylation is 3. The zero-order chi connectivity index (χ0) is 13.8. The maximum atomic E-state index is 3.78. The van der Waals surface area contributed by atoms with E-state index in [0.717, 1.165) is 0 Å². The van der Waals surface area contributed by atoms with E-state index < -0.39 is 0 Å². The Labute approximate surface area is 116 Å². The van der Waals surface area contributed by atoms with E-state index in [0.29, 0.717) is 11.3 Å². The molecule has 3 rings (SSSR count). The van der Waals surface area contributed by atoms with Crippen molar-refractivity contribution in [1.82, 2.24) is 4.98 Å². The Hall–Kier alpha value is -1.24. The van der Waals surface area contributed by atoms with Crippen LogP contribution in [0.15, 0.2) is 12.1 Å². The van der Waals surface area contributed by atoms with Crippen molar-refractivity contribution in [2.24, 2.45) is 5.41 Å². The van der Waals surface area contributed by atoms with E-state index in [1.165, 1.54) is 47.0 Å². The molecule has 1 aliphatic carbocycles. The number of H-pyrrole nitrogens is 1. The van der Waals surface area contributed by atoms with Crippen molar-refractivity contribution in [3.8, 4) is 0 Å². The molecule has 1 aromatic carbocycles. The van der Waals surface area contributed by atoms with Gasteiger partial charge < -0.3 is 4.98 Å². The van der Waals surface area contributed by atoms with Gasteiger partial charge in [0.25, 0.3) is 0 Å². The second-order valence-corrected chi connectivity index (χ2v) is 7.28. The number of nitrogens with one attached hydrogen (secondary N) is 1. The van der Waals surface area contributed by atoms with Gasteiger partial charge in [0.2, 0.25) is 0 Å². The lowest BCUT2D eigenvalue weighted by molar-refractivity contribution is 0.285. The molecule has 0 bridgehead atoms. The molecule has 1 atom stereocenters. The van der Waals surface area contributed by atoms with Crippen LogP contribution in [0.5, 0.6) is 0 Å². The van der Waals surface area contributed by atoms with Crippen molar-refractivity contribution >= 4 is 10.9 Å². The Balaban J connectivity index is 2.30. The lowest BCUT2D eigenvalue weighted by Crippen LogP contribution is -2.22. The van der Waals surface area contributed by atoms with Gasteiger partial charge in [-0.25, -0.2) is 0 Å². The molecule has 0 spiro atoms. The third-order valence-corrected chi connectivity index (χ3v) is 4.82. The summed E-state index contributed by atoms with van der Waals surface area (Å²) in [4.78, 5) is 3.78. The Kier molecular flexibility index (Phi) is 2.78. The van der Waals surface area contributed by atoms with Gasteiger partial charge in [0.05, 0.1) is 0 Å². The summed E-state index contributed by atoms with van der Waals surface area (Å²) < 4.78 is 0. The van der Waals surface area contributed by atoms with Gasteiger partial charge in [-0.05, 0) is 55.2 Å². The van der Waals surface area contributed by atoms with Gasteiger partial charge in [0.1, 0.15) is 0 Å². The van der Waals surface area contributed by atoms with Gasteiger partial charge in [-0.3, -0.25) is 0 Å². The molecule has 0 fully saturated rings. The monoisotopic (exact) mass is 255 g/mol. The molecule has 2 aromatic rings. The molecule has 1 heterocycles. The second kappa shape index (κ2) is 4.13. The number of aromatic nitrogens is 1. The van der Waals surface area contributed by atoms with Gasteiger partial charge in [-0.1, -0.05) is 32.9 Å². The Bertz CT molecular complexity index is 625. The van der Waals surface area contributed by atoms with Gasteiger partial charge in [-0.15, -0.1) is 0 Å². The predicted octanol–water partition coefficient (Wildman–Crippen LogP) is 5.25. The summed E-state index contributed by atoms with van der Waals surface area (Å²) in [5.41, 5.74) is 7.64. The first kappa shape index (κ1) is 12.8. The molecule has 1 aliphatic rings. The fourth-order valence-electron chi connectivity index (χ4n) is 3.76. The zero-order valence-electron chi connectivity index (χ0n) is 12.9. The van der Waals surface area contributed by atoms with Crippen molar-refractivity contribution in [3.63, 3.8) is 0 Å². The predicted molar refractivity (Wildman–Crippen MR) is 82.9 cm³/mol. The maximum Gasteiger partial charge on any atom is 0.0491 e. The van der Waals surface area contributed by atoms with E-state index in [-0.39, 0.29) is 0 Å². The Morgan fingerprint density at radius 3 is 2.47 bits per heavy atom. The summed E-state index contributed by atoms with van der Waals surface area (Å²) in [5.74, 6) is 0.669. The van der Waals surface area contributed by atoms with E-state index in [2.05, 4.69) is 51.7 Å². The average molecular weight is 255 g/mol. The molecule has 1 unspecified atom stereocenters. The third-order valence-electron chi connectivity index (χ3n) is 4.82. The molecule has 0 saturated heterocycles. The fraction of sp³-hybridized carbons (Fsp3) is 0.556. The fourth-order valence-corrected chi connectivity index (χ4v) is 3.76. The third kappa shape index (κ3) is 1.91. The molecule has 0 saturated carbocycles. The lowest BCUT2D eigenvalue weighted by Gasteiger charge is -2.34. The molecule has 0 aliphatic heterocycles. The summed E-state index contributed by atoms with van der Waals surface area (Å²) in [7, 11) is 0. The van der Waals surface area contributed by atoms with Crippen LogP contribution in [-0.2, 0) is 6.42 Å². The topological polar surface area (TPSA) is 15.8 Å². The van der Waals surface area contributed by atoms with Crippen LogP contribution in [0.25, 0.3) is 10.9 Å². The van der Waals surface area contributed by atoms with Crippen molar-refractivity contribution in [2.45, 2.75) is 59.8 Å². The van der Waals surface area contributed by atoms with Crippen molar-refractivity contribution < 1.29 is 0 Å². The number of fused-ring (bicyclic) bond motifs is 3. The molecule has 1 N–H and O–H groups in total. The molecular formula is C18H25N. The van der Waals surface area contributed by atoms with Crippen LogP contribution >= 0.6 is 0 Å². The Morgan fingerprint density at radius 1 is 1.11 bits per heavy atom. The standard InChI is InChI=1S/C18H25N/c1-11-9-10-12(2)16-15(11)13-7-6-8-14(17(13)19-16)18(3,4)5/h9-10,14,19H,6-8H2,1-5H3. The molecule has 0 amide bonds. The van der Waals surface area contributed by atoms with Crippen molar-refractivity contribution in [3.05, 3.63) is 34.5 Å². The minimum Gasteiger partial charge on any atom is -0.358 e. The summed E-state index contributed by atoms with van der Waals surface area (Å²) in [6.45, 7) is 11.6. The zero-order valence-corrected chi connectivity index (χ0v) is 12.9. The normalized spacial score (nSPS) is 19.7. The number of hydrogen-bond donors (Lipinski definition) is 1. The van der Waals surface area contributed by atoms with Crippen molar-refractivity contribution in [1.29, 1.82) is 0 Å². The number of benzene rings is 1. The highest BCUT2D eigenvalue weighted by atomic mass is 14.8. The summed E-state index contributed by atoms with van der Waals surface area (Å²) in [6.07, 6.45) is 3.89. The quantitative estimate of drug-likeness (QED) is 0.661. The van der Waals surface area contributed by atoms with Crippen LogP contribution in [0.3, 0.4) is 0 Å². The molecule has 102 valence electrons. The van der Waals surface area contributed by atoms with Crippen molar-refractivity contribution in [2.75, 3.05) is 0 Å². The minimum atomic E-state index is 0.345. The van der Waals surface area contributed by atoms with Crippen LogP contribution in [-0.4, -0.2) is 4.98 Å². The first-order chi connectivity index (χ1) is 8.89. The summed E-state index contributed by atoms with van der Waals surface area (Å²) >= 11 is 0. The van der Waals surface area contributed by atoms with Gasteiger partial charge >= 0.3 is 0 Å². The summed E-state index contributed by atoms with van der Waals surface area (Å²) in [5, 5.41) is 1.50. The van der Waals surface area contributed by atoms with E-state index in [4.69, 9.17) is 0 Å². The highest BCUT2D eigenvalue weighted by molar-refractivity contribution is 5.90. The highest BCUT2D eigenvalue weighted by Crippen LogP contribution is 2.46. The second-order valence-electron chi connectivity index (χ2n) is 7.28. The van der Waals surface area contributed by atoms with E-state index in [9.17, 15) is 0 Å². The highest BCUT2D eigenvalue weighted by Gasteiger charge is 2.33. The molecule has 19 heavy (non-hydrogen) atoms. The average Bonchev–Trinajstić information content (AvgIpc) is 2.72. The number of aromatic amines is 1. The molecule has 0 radical (unpaired) electrons. The smallest absolute Gasteiger partial charge is 0.0491 e. The van der Waals surface area contributed by atoms with Crippen LogP contribution in [0.2, 0.25) is 0 Å². The van der Waals surface area contributed by atoms with Gasteiger partial charge in [-0.2, -0.15) is 0 Å². The molecule has 1 heteroatoms. The van der Waals surface area contributed by atoms with E-state index >= 15 is 0 Å². The minimum absolute atomic E-state index is 0.345. The largest absolute Gasteiger partial charge is 0.358 e. The SMILES string of the molecule is Cc1ccc(C)c2c3c([nH]c12)C(C(C)(C)C)CCC3. The maximum absolute atomic E-state index is 3.78. The van der Waals surface area contributed by atoms with Crippen LogP contribution in [0.4, 0.5) is 0 Å². The van der Waals surface area contributed by atoms with Gasteiger partial charge in [0, 0.05) is 22.5 Å². The van der Waals surface area contributed by atoms with E-state index in [1.54, 1.807) is 5.56 Å². The lowest BCUT2D eigenvalue weighted by atomic mass is 9.71. The number of hydrogen-bond acceptors (Lipinski definition) is 0. The summed E-state index contributed by atoms with van der Waals surface area (Å²) in [6, 6.07) is 4.51. The van der Waals surface area contributed by atoms with Crippen LogP contribution < -0.4 is 0 Å². The van der Waals surface area contributed by atoms with Crippen LogP contribution in [0, 0.1) is 19.3 Å². The first-order valence-electron chi connectivity index (χ1n) is 7.50. The van der Waals surface area contributed by atoms with Crippen LogP contribution in [0.1, 0.15) is 61.9 Å². The Morgan fingerprint density at radius 2 is 1.79 bits per heavy atom. The molecule has 1 aromatic heterocycles. The van der Waals surface area contributed by atoms with Gasteiger partial charge in [0.15, 0.2) is 0 Å². The first-order valence-corrected chi connectivity index (χ1v) is 7.50. The molecule has 1 nitrogen and oxygen atoms in total.